The van der Waals surface area contributed by atoms with Gasteiger partial charge in [0.1, 0.15) is 18.1 Å². The zero-order chi connectivity index (χ0) is 35.0. The lowest BCUT2D eigenvalue weighted by molar-refractivity contribution is 0.0688. The third-order valence-electron chi connectivity index (χ3n) is 9.14. The van der Waals surface area contributed by atoms with E-state index in [2.05, 4.69) is 15.6 Å². The predicted molar refractivity (Wildman–Crippen MR) is 189 cm³/mol. The van der Waals surface area contributed by atoms with E-state index in [9.17, 15) is 29.7 Å². The van der Waals surface area contributed by atoms with E-state index in [-0.39, 0.29) is 23.8 Å². The van der Waals surface area contributed by atoms with Gasteiger partial charge < -0.3 is 40.6 Å². The van der Waals surface area contributed by atoms with E-state index in [1.807, 2.05) is 83.8 Å². The summed E-state index contributed by atoms with van der Waals surface area (Å²) in [4.78, 5) is 40.9. The largest absolute Gasteiger partial charge is 0.506 e. The maximum atomic E-state index is 13.3. The standard InChI is InChI=1S/C39H40N4O7/c44-33-15-13-31(32-14-16-35(46)41-37(32)33)34(45)23-40-22-25-17-19-43(20-18-25)38(47)28-11-9-26(10-12-28)24-50-30-8-4-7-29(21-30)36(42-39(48)49)27-5-2-1-3-6-27/h1-16,21,25,34,36,40,42,44-45H,17-20,22-24H2,(H,41,46)(H,48,49)/t34-,36?/m1/s1. The quantitative estimate of drug-likeness (QED) is 0.103. The normalized spacial score (nSPS) is 14.6. The van der Waals surface area contributed by atoms with Crippen molar-refractivity contribution in [1.82, 2.24) is 20.5 Å². The monoisotopic (exact) mass is 676 g/mol. The Bertz CT molecular complexity index is 1990. The van der Waals surface area contributed by atoms with E-state index >= 15 is 0 Å². The second-order valence-corrected chi connectivity index (χ2v) is 12.5. The Morgan fingerprint density at radius 2 is 1.64 bits per heavy atom. The molecule has 0 saturated carbocycles. The number of piperidine rings is 1. The van der Waals surface area contributed by atoms with Crippen molar-refractivity contribution in [3.8, 4) is 11.5 Å². The molecule has 5 aromatic rings. The zero-order valence-electron chi connectivity index (χ0n) is 27.4. The molecule has 11 nitrogen and oxygen atoms in total. The number of benzene rings is 4. The molecule has 1 saturated heterocycles. The number of hydrogen-bond donors (Lipinski definition) is 6. The highest BCUT2D eigenvalue weighted by atomic mass is 16.5. The van der Waals surface area contributed by atoms with Crippen molar-refractivity contribution in [2.75, 3.05) is 26.2 Å². The van der Waals surface area contributed by atoms with Gasteiger partial charge in [0.25, 0.3) is 5.91 Å². The van der Waals surface area contributed by atoms with E-state index in [1.54, 1.807) is 12.1 Å². The molecule has 1 aromatic heterocycles. The number of phenolic OH excluding ortho intramolecular Hbond substituents is 1. The number of aliphatic hydroxyl groups is 1. The first-order valence-corrected chi connectivity index (χ1v) is 16.6. The van der Waals surface area contributed by atoms with Gasteiger partial charge >= 0.3 is 6.09 Å². The predicted octanol–water partition coefficient (Wildman–Crippen LogP) is 5.35. The number of aromatic amines is 1. The molecule has 1 aliphatic heterocycles. The maximum absolute atomic E-state index is 13.3. The van der Waals surface area contributed by atoms with Crippen LogP contribution in [0, 0.1) is 5.92 Å². The van der Waals surface area contributed by atoms with E-state index in [0.29, 0.717) is 59.9 Å². The molecule has 11 heteroatoms. The molecule has 1 fully saturated rings. The minimum absolute atomic E-state index is 0.0119. The van der Waals surface area contributed by atoms with Gasteiger partial charge in [0.15, 0.2) is 0 Å². The summed E-state index contributed by atoms with van der Waals surface area (Å²) in [7, 11) is 0. The molecule has 50 heavy (non-hydrogen) atoms. The van der Waals surface area contributed by atoms with Crippen LogP contribution in [0.1, 0.15) is 57.6 Å². The molecule has 4 aromatic carbocycles. The molecular weight excluding hydrogens is 636 g/mol. The number of likely N-dealkylation sites (tertiary alicyclic amines) is 1. The Hall–Kier alpha value is -5.65. The fourth-order valence-corrected chi connectivity index (χ4v) is 6.43. The number of pyridine rings is 1. The summed E-state index contributed by atoms with van der Waals surface area (Å²) in [5, 5.41) is 36.9. The van der Waals surface area contributed by atoms with Crippen molar-refractivity contribution < 1.29 is 29.6 Å². The van der Waals surface area contributed by atoms with E-state index in [1.165, 1.54) is 12.1 Å². The maximum Gasteiger partial charge on any atom is 0.405 e. The lowest BCUT2D eigenvalue weighted by Crippen LogP contribution is -2.41. The van der Waals surface area contributed by atoms with E-state index in [0.717, 1.165) is 29.5 Å². The van der Waals surface area contributed by atoms with Crippen LogP contribution in [-0.2, 0) is 6.61 Å². The number of rotatable bonds is 12. The molecule has 2 heterocycles. The Kier molecular flexibility index (Phi) is 10.8. The van der Waals surface area contributed by atoms with Crippen LogP contribution >= 0.6 is 0 Å². The van der Waals surface area contributed by atoms with Crippen molar-refractivity contribution in [2.45, 2.75) is 31.6 Å². The SMILES string of the molecule is O=C(O)NC(c1ccccc1)c1cccc(OCc2ccc(C(=O)N3CCC(CNC[C@@H](O)c4ccc(O)c5[nH]c(=O)ccc45)CC3)cc2)c1. The summed E-state index contributed by atoms with van der Waals surface area (Å²) in [5.74, 6) is 0.911. The van der Waals surface area contributed by atoms with Gasteiger partial charge in [-0.25, -0.2) is 4.79 Å². The third kappa shape index (κ3) is 8.31. The number of amides is 2. The van der Waals surface area contributed by atoms with Crippen LogP contribution in [0.2, 0.25) is 0 Å². The van der Waals surface area contributed by atoms with Crippen molar-refractivity contribution >= 4 is 22.9 Å². The number of nitrogens with one attached hydrogen (secondary N) is 3. The summed E-state index contributed by atoms with van der Waals surface area (Å²) in [6, 6.07) is 29.7. The number of ether oxygens (including phenoxy) is 1. The van der Waals surface area contributed by atoms with Gasteiger partial charge in [-0.2, -0.15) is 0 Å². The number of nitrogens with zero attached hydrogens (tertiary/aromatic N) is 1. The molecule has 0 bridgehead atoms. The number of H-pyrrole nitrogens is 1. The number of fused-ring (bicyclic) bond motifs is 1. The Morgan fingerprint density at radius 3 is 2.38 bits per heavy atom. The van der Waals surface area contributed by atoms with Crippen LogP contribution in [0.15, 0.2) is 108 Å². The second kappa shape index (κ2) is 15.7. The van der Waals surface area contributed by atoms with Crippen molar-refractivity contribution in [2.24, 2.45) is 5.92 Å². The van der Waals surface area contributed by atoms with Crippen LogP contribution in [0.5, 0.6) is 11.5 Å². The van der Waals surface area contributed by atoms with Crippen LogP contribution in [0.25, 0.3) is 10.9 Å². The van der Waals surface area contributed by atoms with Crippen molar-refractivity contribution in [1.29, 1.82) is 0 Å². The van der Waals surface area contributed by atoms with Crippen LogP contribution in [-0.4, -0.2) is 63.4 Å². The molecule has 6 N–H and O–H groups in total. The summed E-state index contributed by atoms with van der Waals surface area (Å²) in [5.41, 5.74) is 3.70. The molecule has 1 unspecified atom stereocenters. The number of aromatic nitrogens is 1. The fraction of sp³-hybridized carbons (Fsp3) is 0.256. The molecule has 0 spiro atoms. The van der Waals surface area contributed by atoms with Gasteiger partial charge in [0, 0.05) is 36.7 Å². The molecule has 2 amide bonds. The number of carbonyl (C=O) groups is 2. The van der Waals surface area contributed by atoms with Crippen molar-refractivity contribution in [3.63, 3.8) is 0 Å². The Labute approximate surface area is 289 Å². The minimum atomic E-state index is -1.11. The number of carboxylic acid groups (broad SMARTS) is 1. The lowest BCUT2D eigenvalue weighted by atomic mass is 9.96. The molecule has 2 atom stereocenters. The molecule has 0 radical (unpaired) electrons. The summed E-state index contributed by atoms with van der Waals surface area (Å²) < 4.78 is 6.04. The van der Waals surface area contributed by atoms with Gasteiger partial charge in [-0.1, -0.05) is 60.7 Å². The average Bonchev–Trinajstić information content (AvgIpc) is 3.14. The van der Waals surface area contributed by atoms with Crippen molar-refractivity contribution in [3.05, 3.63) is 141 Å². The first kappa shape index (κ1) is 34.2. The van der Waals surface area contributed by atoms with Gasteiger partial charge in [0.05, 0.1) is 17.7 Å². The first-order valence-electron chi connectivity index (χ1n) is 16.6. The van der Waals surface area contributed by atoms with Gasteiger partial charge in [-0.3, -0.25) is 9.59 Å². The van der Waals surface area contributed by atoms with Crippen LogP contribution in [0.4, 0.5) is 4.79 Å². The highest BCUT2D eigenvalue weighted by Gasteiger charge is 2.24. The summed E-state index contributed by atoms with van der Waals surface area (Å²) >= 11 is 0. The number of hydrogen-bond acceptors (Lipinski definition) is 7. The van der Waals surface area contributed by atoms with E-state index in [4.69, 9.17) is 4.74 Å². The smallest absolute Gasteiger partial charge is 0.405 e. The summed E-state index contributed by atoms with van der Waals surface area (Å²) in [6.45, 7) is 2.59. The molecule has 1 aliphatic rings. The van der Waals surface area contributed by atoms with Gasteiger partial charge in [0.2, 0.25) is 5.56 Å². The zero-order valence-corrected chi connectivity index (χ0v) is 27.4. The summed E-state index contributed by atoms with van der Waals surface area (Å²) in [6.07, 6.45) is -0.250. The molecule has 6 rings (SSSR count). The van der Waals surface area contributed by atoms with Gasteiger partial charge in [-0.15, -0.1) is 0 Å². The number of aliphatic hydroxyl groups excluding tert-OH is 1. The number of aromatic hydroxyl groups is 1. The number of phenols is 1. The highest BCUT2D eigenvalue weighted by molar-refractivity contribution is 5.94. The number of carbonyl (C=O) groups excluding carboxylic acids is 1. The van der Waals surface area contributed by atoms with Gasteiger partial charge in [-0.05, 0) is 84.0 Å². The average molecular weight is 677 g/mol. The third-order valence-corrected chi connectivity index (χ3v) is 9.14. The van der Waals surface area contributed by atoms with E-state index < -0.39 is 18.2 Å². The van der Waals surface area contributed by atoms with Crippen LogP contribution in [0.3, 0.4) is 0 Å². The topological polar surface area (TPSA) is 164 Å². The molecule has 258 valence electrons. The highest BCUT2D eigenvalue weighted by Crippen LogP contribution is 2.29. The first-order chi connectivity index (χ1) is 24.2. The lowest BCUT2D eigenvalue weighted by Gasteiger charge is -2.32. The Morgan fingerprint density at radius 1 is 0.900 bits per heavy atom. The molecular formula is C39H40N4O7. The molecule has 0 aliphatic carbocycles. The minimum Gasteiger partial charge on any atom is -0.506 e. The Balaban J connectivity index is 0.965. The second-order valence-electron chi connectivity index (χ2n) is 12.5. The van der Waals surface area contributed by atoms with Crippen LogP contribution < -0.4 is 20.9 Å². The fourth-order valence-electron chi connectivity index (χ4n) is 6.43.